The summed E-state index contributed by atoms with van der Waals surface area (Å²) in [5, 5.41) is 12.5. The van der Waals surface area contributed by atoms with Gasteiger partial charge in [-0.15, -0.1) is 0 Å². The first-order valence-corrected chi connectivity index (χ1v) is 8.14. The minimum absolute atomic E-state index is 0.133. The van der Waals surface area contributed by atoms with Crippen LogP contribution >= 0.6 is 11.6 Å². The van der Waals surface area contributed by atoms with Gasteiger partial charge in [0.15, 0.2) is 0 Å². The number of benzene rings is 1. The number of amides is 1. The molecule has 1 atom stereocenters. The second-order valence-electron chi connectivity index (χ2n) is 6.04. The molecule has 7 heteroatoms. The molecule has 0 aromatic heterocycles. The number of likely N-dealkylation sites (N-methyl/N-ethyl adjacent to an activating group) is 1. The molecule has 1 rings (SSSR count). The van der Waals surface area contributed by atoms with Gasteiger partial charge in [-0.2, -0.15) is 0 Å². The molecule has 0 bridgehead atoms. The van der Waals surface area contributed by atoms with Gasteiger partial charge < -0.3 is 15.2 Å². The molecule has 24 heavy (non-hydrogen) atoms. The molecule has 0 heterocycles. The first-order valence-electron chi connectivity index (χ1n) is 7.76. The normalized spacial score (nSPS) is 13.5. The number of hydrogen-bond acceptors (Lipinski definition) is 4. The van der Waals surface area contributed by atoms with E-state index in [2.05, 4.69) is 5.32 Å². The number of methoxy groups -OCH3 is 1. The first kappa shape index (κ1) is 20.4. The number of halogens is 1. The van der Waals surface area contributed by atoms with E-state index < -0.39 is 11.5 Å². The molecule has 1 aromatic rings. The lowest BCUT2D eigenvalue weighted by Gasteiger charge is -2.30. The number of carboxylic acid groups (broad SMARTS) is 1. The highest BCUT2D eigenvalue weighted by Gasteiger charge is 2.29. The van der Waals surface area contributed by atoms with E-state index >= 15 is 0 Å². The zero-order valence-corrected chi connectivity index (χ0v) is 15.1. The fourth-order valence-corrected chi connectivity index (χ4v) is 2.62. The van der Waals surface area contributed by atoms with E-state index in [9.17, 15) is 9.59 Å². The third kappa shape index (κ3) is 7.29. The average molecular weight is 357 g/mol. The van der Waals surface area contributed by atoms with Gasteiger partial charge in [-0.3, -0.25) is 14.5 Å². The molecule has 1 amide bonds. The molecule has 0 aliphatic heterocycles. The summed E-state index contributed by atoms with van der Waals surface area (Å²) in [4.78, 5) is 25.3. The second kappa shape index (κ2) is 9.61. The Labute approximate surface area is 147 Å². The van der Waals surface area contributed by atoms with Gasteiger partial charge >= 0.3 is 5.97 Å². The maximum Gasteiger partial charge on any atom is 0.305 e. The third-order valence-electron chi connectivity index (χ3n) is 3.58. The van der Waals surface area contributed by atoms with Crippen molar-refractivity contribution in [1.29, 1.82) is 0 Å². The van der Waals surface area contributed by atoms with Crippen LogP contribution in [0.1, 0.15) is 25.8 Å². The number of aliphatic carboxylic acids is 1. The van der Waals surface area contributed by atoms with E-state index in [1.165, 1.54) is 7.11 Å². The standard InChI is InChI=1S/C17H25ClN2O4/c1-4-20(10-13-5-7-14(18)8-6-13)11-15(21)19-17(2,12-24-3)9-16(22)23/h5-8H,4,9-12H2,1-3H3,(H,19,21)(H,22,23)/t17-/m0/s1. The quantitative estimate of drug-likeness (QED) is 0.671. The van der Waals surface area contributed by atoms with Gasteiger partial charge in [0.1, 0.15) is 0 Å². The maximum atomic E-state index is 12.3. The molecular formula is C17H25ClN2O4. The second-order valence-corrected chi connectivity index (χ2v) is 6.48. The number of nitrogens with one attached hydrogen (secondary N) is 1. The van der Waals surface area contributed by atoms with Crippen molar-refractivity contribution in [3.05, 3.63) is 34.9 Å². The number of carbonyl (C=O) groups is 2. The monoisotopic (exact) mass is 356 g/mol. The zero-order valence-electron chi connectivity index (χ0n) is 14.3. The zero-order chi connectivity index (χ0) is 18.2. The lowest BCUT2D eigenvalue weighted by Crippen LogP contribution is -2.53. The predicted molar refractivity (Wildman–Crippen MR) is 93.1 cm³/mol. The third-order valence-corrected chi connectivity index (χ3v) is 3.83. The van der Waals surface area contributed by atoms with Crippen LogP contribution in [0, 0.1) is 0 Å². The molecule has 0 radical (unpaired) electrons. The molecule has 0 saturated heterocycles. The summed E-state index contributed by atoms with van der Waals surface area (Å²) in [5.41, 5.74) is 0.122. The highest BCUT2D eigenvalue weighted by Crippen LogP contribution is 2.13. The van der Waals surface area contributed by atoms with Crippen LogP contribution in [-0.4, -0.2) is 54.2 Å². The van der Waals surface area contributed by atoms with E-state index in [0.29, 0.717) is 18.1 Å². The average Bonchev–Trinajstić information content (AvgIpc) is 2.47. The Balaban J connectivity index is 2.64. The Morgan fingerprint density at radius 3 is 2.46 bits per heavy atom. The SMILES string of the molecule is CCN(CC(=O)N[C@](C)(COC)CC(=O)O)Cc1ccc(Cl)cc1. The van der Waals surface area contributed by atoms with Crippen LogP contribution in [0.3, 0.4) is 0 Å². The summed E-state index contributed by atoms with van der Waals surface area (Å²) in [7, 11) is 1.48. The van der Waals surface area contributed by atoms with Crippen molar-refractivity contribution in [2.45, 2.75) is 32.4 Å². The molecule has 0 unspecified atom stereocenters. The predicted octanol–water partition coefficient (Wildman–Crippen LogP) is 2.16. The highest BCUT2D eigenvalue weighted by molar-refractivity contribution is 6.30. The van der Waals surface area contributed by atoms with Gasteiger partial charge in [-0.05, 0) is 31.2 Å². The number of rotatable bonds is 10. The van der Waals surface area contributed by atoms with Crippen molar-refractivity contribution in [2.75, 3.05) is 26.8 Å². The van der Waals surface area contributed by atoms with Crippen molar-refractivity contribution in [2.24, 2.45) is 0 Å². The summed E-state index contributed by atoms with van der Waals surface area (Å²) < 4.78 is 5.04. The number of carboxylic acids is 1. The fourth-order valence-electron chi connectivity index (χ4n) is 2.49. The topological polar surface area (TPSA) is 78.9 Å². The molecule has 1 aromatic carbocycles. The van der Waals surface area contributed by atoms with Gasteiger partial charge in [0.25, 0.3) is 0 Å². The van der Waals surface area contributed by atoms with Crippen LogP contribution in [-0.2, 0) is 20.9 Å². The summed E-state index contributed by atoms with van der Waals surface area (Å²) in [6.07, 6.45) is -0.199. The van der Waals surface area contributed by atoms with Gasteiger partial charge in [-0.1, -0.05) is 30.7 Å². The fraction of sp³-hybridized carbons (Fsp3) is 0.529. The van der Waals surface area contributed by atoms with Crippen molar-refractivity contribution < 1.29 is 19.4 Å². The smallest absolute Gasteiger partial charge is 0.305 e. The van der Waals surface area contributed by atoms with Crippen LogP contribution < -0.4 is 5.32 Å². The van der Waals surface area contributed by atoms with E-state index in [1.807, 2.05) is 36.1 Å². The lowest BCUT2D eigenvalue weighted by molar-refractivity contribution is -0.139. The Morgan fingerprint density at radius 1 is 1.33 bits per heavy atom. The van der Waals surface area contributed by atoms with Crippen LogP contribution in [0.4, 0.5) is 0 Å². The Hall–Kier alpha value is -1.63. The molecule has 0 aliphatic carbocycles. The van der Waals surface area contributed by atoms with Gasteiger partial charge in [0, 0.05) is 18.7 Å². The van der Waals surface area contributed by atoms with Gasteiger partial charge in [-0.25, -0.2) is 0 Å². The van der Waals surface area contributed by atoms with Crippen molar-refractivity contribution >= 4 is 23.5 Å². The van der Waals surface area contributed by atoms with Crippen molar-refractivity contribution in [3.8, 4) is 0 Å². The Bertz CT molecular complexity index is 550. The van der Waals surface area contributed by atoms with Gasteiger partial charge in [0.2, 0.25) is 5.91 Å². The number of hydrogen-bond donors (Lipinski definition) is 2. The molecule has 0 saturated carbocycles. The molecule has 134 valence electrons. The Morgan fingerprint density at radius 2 is 1.96 bits per heavy atom. The molecular weight excluding hydrogens is 332 g/mol. The summed E-state index contributed by atoms with van der Waals surface area (Å²) in [6.45, 7) is 5.25. The minimum Gasteiger partial charge on any atom is -0.481 e. The largest absolute Gasteiger partial charge is 0.481 e. The number of nitrogens with zero attached hydrogens (tertiary/aromatic N) is 1. The summed E-state index contributed by atoms with van der Waals surface area (Å²) >= 11 is 5.87. The van der Waals surface area contributed by atoms with E-state index in [1.54, 1.807) is 6.92 Å². The maximum absolute atomic E-state index is 12.3. The molecule has 0 aliphatic rings. The van der Waals surface area contributed by atoms with Crippen LogP contribution in [0.15, 0.2) is 24.3 Å². The number of ether oxygens (including phenoxy) is 1. The van der Waals surface area contributed by atoms with Crippen molar-refractivity contribution in [3.63, 3.8) is 0 Å². The summed E-state index contributed by atoms with van der Waals surface area (Å²) in [5.74, 6) is -1.21. The van der Waals surface area contributed by atoms with E-state index in [-0.39, 0.29) is 25.5 Å². The molecule has 0 fully saturated rings. The van der Waals surface area contributed by atoms with Crippen LogP contribution in [0.2, 0.25) is 5.02 Å². The minimum atomic E-state index is -0.983. The first-order chi connectivity index (χ1) is 11.3. The van der Waals surface area contributed by atoms with E-state index in [0.717, 1.165) is 5.56 Å². The van der Waals surface area contributed by atoms with E-state index in [4.69, 9.17) is 21.4 Å². The molecule has 0 spiro atoms. The van der Waals surface area contributed by atoms with Gasteiger partial charge in [0.05, 0.1) is 25.1 Å². The van der Waals surface area contributed by atoms with Crippen molar-refractivity contribution in [1.82, 2.24) is 10.2 Å². The summed E-state index contributed by atoms with van der Waals surface area (Å²) in [6, 6.07) is 7.46. The lowest BCUT2D eigenvalue weighted by atomic mass is 9.99. The van der Waals surface area contributed by atoms with Crippen LogP contribution in [0.5, 0.6) is 0 Å². The highest BCUT2D eigenvalue weighted by atomic mass is 35.5. The molecule has 2 N–H and O–H groups in total. The van der Waals surface area contributed by atoms with Crippen LogP contribution in [0.25, 0.3) is 0 Å². The number of carbonyl (C=O) groups excluding carboxylic acids is 1. The Kier molecular flexibility index (Phi) is 8.18. The molecule has 6 nitrogen and oxygen atoms in total.